The van der Waals surface area contributed by atoms with E-state index in [9.17, 15) is 18.0 Å². The first kappa shape index (κ1) is 11.8. The van der Waals surface area contributed by atoms with Gasteiger partial charge in [0, 0.05) is 5.56 Å². The van der Waals surface area contributed by atoms with E-state index in [1.165, 1.54) is 0 Å². The summed E-state index contributed by atoms with van der Waals surface area (Å²) in [6.07, 6.45) is 0. The van der Waals surface area contributed by atoms with E-state index in [0.717, 1.165) is 6.92 Å². The van der Waals surface area contributed by atoms with Gasteiger partial charge < -0.3 is 5.11 Å². The van der Waals surface area contributed by atoms with Gasteiger partial charge in [-0.25, -0.2) is 13.2 Å². The lowest BCUT2D eigenvalue weighted by atomic mass is 10.00. The highest BCUT2D eigenvalue weighted by Gasteiger charge is 2.26. The molecule has 1 aromatic carbocycles. The largest absolute Gasteiger partial charge is 0.481 e. The molecule has 0 saturated carbocycles. The molecule has 0 fully saturated rings. The normalized spacial score (nSPS) is 12.6. The molecular weight excluding hydrogens is 233 g/mol. The molecule has 1 aromatic rings. The predicted octanol–water partition coefficient (Wildman–Crippen LogP) is 2.95. The van der Waals surface area contributed by atoms with Crippen LogP contribution >= 0.6 is 11.6 Å². The zero-order valence-corrected chi connectivity index (χ0v) is 8.28. The first-order valence-corrected chi connectivity index (χ1v) is 4.29. The number of halogens is 4. The van der Waals surface area contributed by atoms with Crippen molar-refractivity contribution in [3.8, 4) is 0 Å². The molecule has 6 heteroatoms. The molecule has 2 nitrogen and oxygen atoms in total. The van der Waals surface area contributed by atoms with Gasteiger partial charge in [0.15, 0.2) is 11.6 Å². The van der Waals surface area contributed by atoms with Crippen LogP contribution in [0.15, 0.2) is 6.07 Å². The lowest BCUT2D eigenvalue weighted by Crippen LogP contribution is -2.13. The third kappa shape index (κ3) is 2.07. The van der Waals surface area contributed by atoms with Crippen molar-refractivity contribution in [3.05, 3.63) is 34.1 Å². The van der Waals surface area contributed by atoms with E-state index in [0.29, 0.717) is 6.07 Å². The van der Waals surface area contributed by atoms with Gasteiger partial charge in [-0.1, -0.05) is 11.6 Å². The Bertz CT molecular complexity index is 394. The summed E-state index contributed by atoms with van der Waals surface area (Å²) in [5.41, 5.74) is -0.868. The number of hydrogen-bond donors (Lipinski definition) is 1. The summed E-state index contributed by atoms with van der Waals surface area (Å²) in [4.78, 5) is 10.5. The Balaban J connectivity index is 3.45. The quantitative estimate of drug-likeness (QED) is 0.805. The molecule has 1 N–H and O–H groups in total. The summed E-state index contributed by atoms with van der Waals surface area (Å²) in [6, 6.07) is 0.463. The number of rotatable bonds is 2. The van der Waals surface area contributed by atoms with Gasteiger partial charge >= 0.3 is 5.97 Å². The van der Waals surface area contributed by atoms with Crippen LogP contribution in [0.5, 0.6) is 0 Å². The van der Waals surface area contributed by atoms with E-state index >= 15 is 0 Å². The van der Waals surface area contributed by atoms with Crippen LogP contribution < -0.4 is 0 Å². The van der Waals surface area contributed by atoms with Gasteiger partial charge in [0.1, 0.15) is 5.82 Å². The highest BCUT2D eigenvalue weighted by atomic mass is 35.5. The third-order valence-electron chi connectivity index (χ3n) is 1.95. The highest BCUT2D eigenvalue weighted by molar-refractivity contribution is 6.30. The fourth-order valence-electron chi connectivity index (χ4n) is 1.10. The van der Waals surface area contributed by atoms with Crippen molar-refractivity contribution in [1.29, 1.82) is 0 Å². The molecule has 1 atom stereocenters. The van der Waals surface area contributed by atoms with E-state index in [4.69, 9.17) is 16.7 Å². The molecule has 0 aromatic heterocycles. The fourth-order valence-corrected chi connectivity index (χ4v) is 1.29. The number of carboxylic acids is 1. The molecule has 0 radical (unpaired) electrons. The average molecular weight is 239 g/mol. The van der Waals surface area contributed by atoms with E-state index in [1.54, 1.807) is 0 Å². The summed E-state index contributed by atoms with van der Waals surface area (Å²) in [5.74, 6) is -7.10. The monoisotopic (exact) mass is 238 g/mol. The molecule has 0 spiro atoms. The van der Waals surface area contributed by atoms with Crippen molar-refractivity contribution in [2.45, 2.75) is 12.8 Å². The maximum atomic E-state index is 13.3. The predicted molar refractivity (Wildman–Crippen MR) is 47.4 cm³/mol. The molecule has 1 rings (SSSR count). The van der Waals surface area contributed by atoms with Crippen LogP contribution in [-0.2, 0) is 4.79 Å². The second-order valence-electron chi connectivity index (χ2n) is 2.94. The molecule has 1 unspecified atom stereocenters. The lowest BCUT2D eigenvalue weighted by molar-refractivity contribution is -0.138. The summed E-state index contributed by atoms with van der Waals surface area (Å²) in [5, 5.41) is 7.93. The van der Waals surface area contributed by atoms with Crippen LogP contribution in [-0.4, -0.2) is 11.1 Å². The molecule has 0 aliphatic rings. The van der Waals surface area contributed by atoms with Gasteiger partial charge in [-0.15, -0.1) is 0 Å². The molecule has 0 heterocycles. The van der Waals surface area contributed by atoms with Crippen LogP contribution in [0.25, 0.3) is 0 Å². The number of carboxylic acid groups (broad SMARTS) is 1. The minimum Gasteiger partial charge on any atom is -0.481 e. The van der Waals surface area contributed by atoms with Crippen molar-refractivity contribution in [2.75, 3.05) is 0 Å². The second kappa shape index (κ2) is 4.10. The van der Waals surface area contributed by atoms with E-state index in [-0.39, 0.29) is 0 Å². The highest BCUT2D eigenvalue weighted by Crippen LogP contribution is 2.29. The van der Waals surface area contributed by atoms with Crippen LogP contribution in [0.2, 0.25) is 5.02 Å². The number of aliphatic carboxylic acids is 1. The third-order valence-corrected chi connectivity index (χ3v) is 2.22. The van der Waals surface area contributed by atoms with Crippen LogP contribution in [0.3, 0.4) is 0 Å². The van der Waals surface area contributed by atoms with E-state index in [1.807, 2.05) is 0 Å². The van der Waals surface area contributed by atoms with Crippen LogP contribution in [0, 0.1) is 17.5 Å². The summed E-state index contributed by atoms with van der Waals surface area (Å²) in [6.45, 7) is 1.04. The zero-order valence-electron chi connectivity index (χ0n) is 7.52. The first-order chi connectivity index (χ1) is 6.86. The smallest absolute Gasteiger partial charge is 0.310 e. The molecule has 82 valence electrons. The SMILES string of the molecule is CC(C(=O)O)c1c(F)c(F)cc(Cl)c1F. The minimum absolute atomic E-state index is 0.463. The van der Waals surface area contributed by atoms with Crippen LogP contribution in [0.4, 0.5) is 13.2 Å². The molecule has 0 saturated heterocycles. The summed E-state index contributed by atoms with van der Waals surface area (Å²) >= 11 is 5.27. The number of benzene rings is 1. The molecule has 0 amide bonds. The van der Waals surface area contributed by atoms with Crippen molar-refractivity contribution in [3.63, 3.8) is 0 Å². The van der Waals surface area contributed by atoms with Gasteiger partial charge in [0.25, 0.3) is 0 Å². The second-order valence-corrected chi connectivity index (χ2v) is 3.35. The maximum Gasteiger partial charge on any atom is 0.310 e. The van der Waals surface area contributed by atoms with E-state index < -0.39 is 39.9 Å². The first-order valence-electron chi connectivity index (χ1n) is 3.92. The Kier molecular flexibility index (Phi) is 3.24. The zero-order chi connectivity index (χ0) is 11.7. The lowest BCUT2D eigenvalue weighted by Gasteiger charge is -2.10. The molecule has 0 bridgehead atoms. The van der Waals surface area contributed by atoms with Crippen molar-refractivity contribution in [1.82, 2.24) is 0 Å². The van der Waals surface area contributed by atoms with Crippen molar-refractivity contribution >= 4 is 17.6 Å². The minimum atomic E-state index is -1.52. The van der Waals surface area contributed by atoms with Gasteiger partial charge in [0.2, 0.25) is 0 Å². The van der Waals surface area contributed by atoms with Gasteiger partial charge in [-0.05, 0) is 13.0 Å². The Morgan fingerprint density at radius 2 is 1.93 bits per heavy atom. The molecular formula is C9H6ClF3O2. The van der Waals surface area contributed by atoms with Gasteiger partial charge in [-0.2, -0.15) is 0 Å². The Morgan fingerprint density at radius 3 is 2.40 bits per heavy atom. The van der Waals surface area contributed by atoms with E-state index in [2.05, 4.69) is 0 Å². The Labute approximate surface area is 88.3 Å². The number of hydrogen-bond acceptors (Lipinski definition) is 1. The van der Waals surface area contributed by atoms with Gasteiger partial charge in [0.05, 0.1) is 10.9 Å². The fraction of sp³-hybridized carbons (Fsp3) is 0.222. The number of carbonyl (C=O) groups is 1. The average Bonchev–Trinajstić information content (AvgIpc) is 2.15. The topological polar surface area (TPSA) is 37.3 Å². The Hall–Kier alpha value is -1.23. The van der Waals surface area contributed by atoms with Gasteiger partial charge in [-0.3, -0.25) is 4.79 Å². The van der Waals surface area contributed by atoms with Crippen LogP contribution in [0.1, 0.15) is 18.4 Å². The standard InChI is InChI=1S/C9H6ClF3O2/c1-3(9(14)15)6-7(12)4(10)2-5(11)8(6)13/h2-3H,1H3,(H,14,15). The summed E-state index contributed by atoms with van der Waals surface area (Å²) < 4.78 is 39.2. The molecule has 0 aliphatic carbocycles. The molecule has 0 aliphatic heterocycles. The molecule has 15 heavy (non-hydrogen) atoms. The maximum absolute atomic E-state index is 13.3. The van der Waals surface area contributed by atoms with Crippen molar-refractivity contribution < 1.29 is 23.1 Å². The van der Waals surface area contributed by atoms with Crippen molar-refractivity contribution in [2.24, 2.45) is 0 Å². The summed E-state index contributed by atoms with van der Waals surface area (Å²) in [7, 11) is 0. The Morgan fingerprint density at radius 1 is 1.40 bits per heavy atom.